The number of carbonyl (C=O) groups is 1. The third-order valence-electron chi connectivity index (χ3n) is 3.56. The highest BCUT2D eigenvalue weighted by molar-refractivity contribution is 7.22. The molecule has 2 aromatic heterocycles. The largest absolute Gasteiger partial charge is 0.492 e. The highest BCUT2D eigenvalue weighted by Crippen LogP contribution is 2.31. The second-order valence-electron chi connectivity index (χ2n) is 5.44. The van der Waals surface area contributed by atoms with Crippen LogP contribution in [0.2, 0.25) is 5.02 Å². The van der Waals surface area contributed by atoms with E-state index in [0.29, 0.717) is 28.8 Å². The van der Waals surface area contributed by atoms with Crippen molar-refractivity contribution in [1.29, 1.82) is 0 Å². The smallest absolute Gasteiger partial charge is 0.265 e. The van der Waals surface area contributed by atoms with Gasteiger partial charge in [0.05, 0.1) is 17.1 Å². The molecule has 3 aromatic rings. The monoisotopic (exact) mass is 392 g/mol. The van der Waals surface area contributed by atoms with Crippen molar-refractivity contribution < 1.29 is 9.53 Å². The van der Waals surface area contributed by atoms with Gasteiger partial charge in [-0.3, -0.25) is 4.79 Å². The van der Waals surface area contributed by atoms with E-state index in [1.165, 1.54) is 11.3 Å². The van der Waals surface area contributed by atoms with Crippen LogP contribution in [0.5, 0.6) is 5.75 Å². The molecule has 3 rings (SSSR count). The maximum Gasteiger partial charge on any atom is 0.265 e. The Morgan fingerprint density at radius 1 is 1.32 bits per heavy atom. The highest BCUT2D eigenvalue weighted by Gasteiger charge is 2.19. The van der Waals surface area contributed by atoms with Crippen LogP contribution >= 0.6 is 34.3 Å². The molecule has 0 unspecified atom stereocenters. The topological polar surface area (TPSA) is 42.4 Å². The van der Waals surface area contributed by atoms with E-state index in [2.05, 4.69) is 4.98 Å². The van der Waals surface area contributed by atoms with Crippen LogP contribution in [-0.2, 0) is 0 Å². The lowest BCUT2D eigenvalue weighted by Crippen LogP contribution is -2.30. The Kier molecular flexibility index (Phi) is 5.73. The molecular formula is C18H17ClN2O2S2. The Hall–Kier alpha value is -1.89. The summed E-state index contributed by atoms with van der Waals surface area (Å²) in [6.07, 6.45) is 0. The fourth-order valence-electron chi connectivity index (χ4n) is 2.23. The summed E-state index contributed by atoms with van der Waals surface area (Å²) in [5.74, 6) is 0.662. The molecule has 130 valence electrons. The molecule has 2 heterocycles. The molecule has 0 radical (unpaired) electrons. The van der Waals surface area contributed by atoms with Crippen LogP contribution in [0.4, 0.5) is 0 Å². The molecular weight excluding hydrogens is 376 g/mol. The fourth-order valence-corrected chi connectivity index (χ4v) is 4.27. The first-order valence-electron chi connectivity index (χ1n) is 7.69. The van der Waals surface area contributed by atoms with Crippen molar-refractivity contribution in [2.24, 2.45) is 0 Å². The van der Waals surface area contributed by atoms with Crippen molar-refractivity contribution in [2.45, 2.75) is 6.92 Å². The number of amides is 1. The number of ether oxygens (including phenoxy) is 1. The molecule has 0 saturated carbocycles. The summed E-state index contributed by atoms with van der Waals surface area (Å²) >= 11 is 8.99. The molecule has 0 aliphatic heterocycles. The summed E-state index contributed by atoms with van der Waals surface area (Å²) in [5.41, 5.74) is 0.765. The first kappa shape index (κ1) is 17.9. The number of nitrogens with zero attached hydrogens (tertiary/aromatic N) is 2. The maximum absolute atomic E-state index is 12.7. The van der Waals surface area contributed by atoms with E-state index in [-0.39, 0.29) is 5.91 Å². The van der Waals surface area contributed by atoms with Crippen LogP contribution in [0.25, 0.3) is 9.88 Å². The van der Waals surface area contributed by atoms with Gasteiger partial charge >= 0.3 is 0 Å². The number of hydrogen-bond donors (Lipinski definition) is 0. The Bertz CT molecular complexity index is 862. The van der Waals surface area contributed by atoms with Gasteiger partial charge in [0.15, 0.2) is 0 Å². The number of thiazole rings is 1. The van der Waals surface area contributed by atoms with Gasteiger partial charge in [-0.15, -0.1) is 22.7 Å². The summed E-state index contributed by atoms with van der Waals surface area (Å²) in [5, 5.41) is 3.52. The second-order valence-corrected chi connectivity index (χ2v) is 7.83. The lowest BCUT2D eigenvalue weighted by molar-refractivity contribution is 0.0777. The van der Waals surface area contributed by atoms with E-state index >= 15 is 0 Å². The Labute approximate surface area is 159 Å². The Balaban J connectivity index is 1.61. The molecule has 7 heteroatoms. The van der Waals surface area contributed by atoms with Gasteiger partial charge in [0.1, 0.15) is 22.2 Å². The Morgan fingerprint density at radius 3 is 2.88 bits per heavy atom. The number of rotatable bonds is 6. The lowest BCUT2D eigenvalue weighted by atomic mass is 10.3. The minimum absolute atomic E-state index is 0.0347. The van der Waals surface area contributed by atoms with E-state index in [9.17, 15) is 4.79 Å². The van der Waals surface area contributed by atoms with Crippen molar-refractivity contribution in [1.82, 2.24) is 9.88 Å². The molecule has 0 aliphatic rings. The zero-order chi connectivity index (χ0) is 17.8. The van der Waals surface area contributed by atoms with Gasteiger partial charge in [0.2, 0.25) is 0 Å². The van der Waals surface area contributed by atoms with Gasteiger partial charge in [-0.1, -0.05) is 23.7 Å². The van der Waals surface area contributed by atoms with Gasteiger partial charge in [-0.2, -0.15) is 0 Å². The van der Waals surface area contributed by atoms with E-state index < -0.39 is 0 Å². The van der Waals surface area contributed by atoms with Crippen LogP contribution in [0, 0.1) is 6.92 Å². The highest BCUT2D eigenvalue weighted by atomic mass is 35.5. The Morgan fingerprint density at radius 2 is 2.16 bits per heavy atom. The van der Waals surface area contributed by atoms with Crippen LogP contribution in [0.1, 0.15) is 15.4 Å². The summed E-state index contributed by atoms with van der Waals surface area (Å²) in [7, 11) is 1.77. The first-order chi connectivity index (χ1) is 12.0. The van der Waals surface area contributed by atoms with E-state index in [1.54, 1.807) is 35.4 Å². The number of aromatic nitrogens is 1. The number of halogens is 1. The van der Waals surface area contributed by atoms with Crippen molar-refractivity contribution in [3.05, 3.63) is 57.4 Å². The molecule has 0 fully saturated rings. The van der Waals surface area contributed by atoms with Crippen LogP contribution in [0.3, 0.4) is 0 Å². The average Bonchev–Trinajstić information content (AvgIpc) is 3.23. The van der Waals surface area contributed by atoms with Crippen molar-refractivity contribution >= 4 is 40.2 Å². The third kappa shape index (κ3) is 4.39. The van der Waals surface area contributed by atoms with Crippen molar-refractivity contribution in [2.75, 3.05) is 20.2 Å². The van der Waals surface area contributed by atoms with E-state index in [4.69, 9.17) is 16.3 Å². The van der Waals surface area contributed by atoms with Crippen LogP contribution < -0.4 is 4.74 Å². The summed E-state index contributed by atoms with van der Waals surface area (Å²) in [4.78, 5) is 20.6. The van der Waals surface area contributed by atoms with E-state index in [1.807, 2.05) is 36.6 Å². The number of aryl methyl sites for hydroxylation is 1. The SMILES string of the molecule is Cc1nc(-c2cccs2)sc1C(=O)N(C)CCOc1cccc(Cl)c1. The number of benzene rings is 1. The molecule has 0 N–H and O–H groups in total. The van der Waals surface area contributed by atoms with Crippen LogP contribution in [0.15, 0.2) is 41.8 Å². The molecule has 0 saturated heterocycles. The van der Waals surface area contributed by atoms with Gasteiger partial charge < -0.3 is 9.64 Å². The van der Waals surface area contributed by atoms with Gasteiger partial charge in [-0.25, -0.2) is 4.98 Å². The predicted octanol–water partition coefficient (Wildman–Crippen LogP) is 4.98. The van der Waals surface area contributed by atoms with Crippen LogP contribution in [-0.4, -0.2) is 36.0 Å². The van der Waals surface area contributed by atoms with Crippen molar-refractivity contribution in [3.63, 3.8) is 0 Å². The molecule has 0 atom stereocenters. The minimum Gasteiger partial charge on any atom is -0.492 e. The maximum atomic E-state index is 12.7. The number of carbonyl (C=O) groups excluding carboxylic acids is 1. The first-order valence-corrected chi connectivity index (χ1v) is 9.77. The molecule has 0 aliphatic carbocycles. The number of likely N-dealkylation sites (N-methyl/N-ethyl adjacent to an activating group) is 1. The predicted molar refractivity (Wildman–Crippen MR) is 104 cm³/mol. The minimum atomic E-state index is -0.0347. The quantitative estimate of drug-likeness (QED) is 0.593. The third-order valence-corrected chi connectivity index (χ3v) is 5.98. The summed E-state index contributed by atoms with van der Waals surface area (Å²) in [6.45, 7) is 2.76. The fraction of sp³-hybridized carbons (Fsp3) is 0.222. The van der Waals surface area contributed by atoms with Gasteiger partial charge in [-0.05, 0) is 36.6 Å². The lowest BCUT2D eigenvalue weighted by Gasteiger charge is -2.17. The number of thiophene rings is 1. The molecule has 25 heavy (non-hydrogen) atoms. The molecule has 1 aromatic carbocycles. The van der Waals surface area contributed by atoms with Gasteiger partial charge in [0.25, 0.3) is 5.91 Å². The second kappa shape index (κ2) is 7.99. The molecule has 4 nitrogen and oxygen atoms in total. The zero-order valence-electron chi connectivity index (χ0n) is 13.9. The van der Waals surface area contributed by atoms with Gasteiger partial charge in [0, 0.05) is 12.1 Å². The average molecular weight is 393 g/mol. The van der Waals surface area contributed by atoms with Crippen molar-refractivity contribution in [3.8, 4) is 15.6 Å². The molecule has 1 amide bonds. The zero-order valence-corrected chi connectivity index (χ0v) is 16.2. The summed E-state index contributed by atoms with van der Waals surface area (Å²) in [6, 6.07) is 11.2. The number of hydrogen-bond acceptors (Lipinski definition) is 5. The summed E-state index contributed by atoms with van der Waals surface area (Å²) < 4.78 is 5.65. The molecule has 0 spiro atoms. The standard InChI is InChI=1S/C18H17ClN2O2S2/c1-12-16(25-17(20-12)15-7-4-10-24-15)18(22)21(2)8-9-23-14-6-3-5-13(19)11-14/h3-7,10-11H,8-9H2,1-2H3. The van der Waals surface area contributed by atoms with E-state index in [0.717, 1.165) is 15.6 Å². The molecule has 0 bridgehead atoms. The normalized spacial score (nSPS) is 10.7.